The van der Waals surface area contributed by atoms with Gasteiger partial charge in [-0.3, -0.25) is 10.1 Å². The molecule has 0 saturated heterocycles. The van der Waals surface area contributed by atoms with E-state index < -0.39 is 11.7 Å². The van der Waals surface area contributed by atoms with Crippen LogP contribution < -0.4 is 5.32 Å². The molecule has 0 unspecified atom stereocenters. The molecule has 0 bridgehead atoms. The summed E-state index contributed by atoms with van der Waals surface area (Å²) in [5.74, 6) is -1.44. The molecular formula is C17H8Cl3FN4OS. The van der Waals surface area contributed by atoms with Gasteiger partial charge in [0.05, 0.1) is 21.3 Å². The van der Waals surface area contributed by atoms with Crippen molar-refractivity contribution in [3.8, 4) is 11.3 Å². The maximum atomic E-state index is 13.9. The van der Waals surface area contributed by atoms with Crippen LogP contribution in [0, 0.1) is 5.82 Å². The first kappa shape index (κ1) is 18.2. The number of halogens is 4. The summed E-state index contributed by atoms with van der Waals surface area (Å²) >= 11 is 19.4. The zero-order valence-corrected chi connectivity index (χ0v) is 16.3. The standard InChI is InChI=1S/C17H8Cl3FN4OS/c18-8-4-5-9(11(20)6-8)13-7-27-17-23-16(24-25(13)17)22-15(26)14-10(19)2-1-3-12(14)21/h1-7H,(H,22,24,26). The molecule has 4 rings (SSSR count). The van der Waals surface area contributed by atoms with Gasteiger partial charge in [-0.15, -0.1) is 16.4 Å². The van der Waals surface area contributed by atoms with E-state index in [-0.39, 0.29) is 16.5 Å². The predicted octanol–water partition coefficient (Wildman–Crippen LogP) is 5.81. The fraction of sp³-hybridized carbons (Fsp3) is 0. The van der Waals surface area contributed by atoms with Gasteiger partial charge in [-0.2, -0.15) is 4.98 Å². The molecular weight excluding hydrogens is 434 g/mol. The molecule has 136 valence electrons. The Morgan fingerprint density at radius 3 is 2.70 bits per heavy atom. The molecule has 5 nitrogen and oxygen atoms in total. The van der Waals surface area contributed by atoms with Gasteiger partial charge in [0.25, 0.3) is 11.9 Å². The maximum absolute atomic E-state index is 13.9. The van der Waals surface area contributed by atoms with E-state index in [9.17, 15) is 9.18 Å². The Hall–Kier alpha value is -2.19. The Labute approximate surface area is 171 Å². The van der Waals surface area contributed by atoms with E-state index in [1.807, 2.05) is 5.38 Å². The van der Waals surface area contributed by atoms with Crippen molar-refractivity contribution in [1.82, 2.24) is 14.6 Å². The number of benzene rings is 2. The number of anilines is 1. The lowest BCUT2D eigenvalue weighted by Crippen LogP contribution is -2.15. The zero-order chi connectivity index (χ0) is 19.1. The number of amides is 1. The largest absolute Gasteiger partial charge is 0.289 e. The molecule has 27 heavy (non-hydrogen) atoms. The van der Waals surface area contributed by atoms with E-state index in [2.05, 4.69) is 15.4 Å². The Morgan fingerprint density at radius 1 is 1.15 bits per heavy atom. The highest BCUT2D eigenvalue weighted by Crippen LogP contribution is 2.33. The number of thiazole rings is 1. The highest BCUT2D eigenvalue weighted by Gasteiger charge is 2.19. The number of aromatic nitrogens is 3. The van der Waals surface area contributed by atoms with Crippen molar-refractivity contribution in [2.75, 3.05) is 5.32 Å². The van der Waals surface area contributed by atoms with Gasteiger partial charge in [-0.1, -0.05) is 40.9 Å². The van der Waals surface area contributed by atoms with Gasteiger partial charge in [-0.25, -0.2) is 8.91 Å². The molecule has 0 fully saturated rings. The number of hydrogen-bond acceptors (Lipinski definition) is 4. The van der Waals surface area contributed by atoms with Crippen LogP contribution in [0.5, 0.6) is 0 Å². The van der Waals surface area contributed by atoms with Crippen LogP contribution in [0.1, 0.15) is 10.4 Å². The van der Waals surface area contributed by atoms with Crippen molar-refractivity contribution in [3.05, 3.63) is 68.2 Å². The summed E-state index contributed by atoms with van der Waals surface area (Å²) < 4.78 is 15.4. The second kappa shape index (κ2) is 7.09. The van der Waals surface area contributed by atoms with Crippen LogP contribution in [0.4, 0.5) is 10.3 Å². The molecule has 4 aromatic rings. The lowest BCUT2D eigenvalue weighted by molar-refractivity contribution is 0.102. The van der Waals surface area contributed by atoms with E-state index in [0.717, 1.165) is 6.07 Å². The molecule has 0 spiro atoms. The van der Waals surface area contributed by atoms with E-state index in [4.69, 9.17) is 34.8 Å². The van der Waals surface area contributed by atoms with Crippen LogP contribution in [-0.4, -0.2) is 20.5 Å². The van der Waals surface area contributed by atoms with Crippen LogP contribution in [-0.2, 0) is 0 Å². The lowest BCUT2D eigenvalue weighted by Gasteiger charge is -2.05. The number of hydrogen-bond donors (Lipinski definition) is 1. The molecule has 0 radical (unpaired) electrons. The second-order valence-electron chi connectivity index (χ2n) is 5.43. The molecule has 2 heterocycles. The number of fused-ring (bicyclic) bond motifs is 1. The summed E-state index contributed by atoms with van der Waals surface area (Å²) in [5.41, 5.74) is 1.14. The van der Waals surface area contributed by atoms with Gasteiger partial charge in [0.2, 0.25) is 4.96 Å². The number of carbonyl (C=O) groups is 1. The average Bonchev–Trinajstić information content (AvgIpc) is 3.15. The smallest absolute Gasteiger partial charge is 0.262 e. The van der Waals surface area contributed by atoms with Gasteiger partial charge in [0, 0.05) is 16.0 Å². The minimum Gasteiger partial charge on any atom is -0.289 e. The van der Waals surface area contributed by atoms with Crippen molar-refractivity contribution in [2.24, 2.45) is 0 Å². The molecule has 0 aliphatic rings. The number of rotatable bonds is 3. The molecule has 1 amide bonds. The second-order valence-corrected chi connectivity index (χ2v) is 7.51. The maximum Gasteiger partial charge on any atom is 0.262 e. The van der Waals surface area contributed by atoms with Gasteiger partial charge in [0.15, 0.2) is 0 Å². The fourth-order valence-corrected chi connectivity index (χ4v) is 4.07. The van der Waals surface area contributed by atoms with Gasteiger partial charge in [-0.05, 0) is 30.3 Å². The minimum absolute atomic E-state index is 0.00200. The third-order valence-electron chi connectivity index (χ3n) is 3.70. The summed E-state index contributed by atoms with van der Waals surface area (Å²) in [6.45, 7) is 0. The summed E-state index contributed by atoms with van der Waals surface area (Å²) in [4.78, 5) is 17.1. The van der Waals surface area contributed by atoms with Crippen LogP contribution in [0.3, 0.4) is 0 Å². The van der Waals surface area contributed by atoms with E-state index >= 15 is 0 Å². The van der Waals surface area contributed by atoms with Crippen LogP contribution in [0.25, 0.3) is 16.2 Å². The third-order valence-corrected chi connectivity index (χ3v) is 5.38. The molecule has 0 aliphatic heterocycles. The summed E-state index contributed by atoms with van der Waals surface area (Å²) in [6.07, 6.45) is 0. The van der Waals surface area contributed by atoms with Crippen molar-refractivity contribution < 1.29 is 9.18 Å². The van der Waals surface area contributed by atoms with Crippen LogP contribution in [0.15, 0.2) is 41.8 Å². The Morgan fingerprint density at radius 2 is 1.96 bits per heavy atom. The molecule has 0 saturated carbocycles. The number of carbonyl (C=O) groups excluding carboxylic acids is 1. The van der Waals surface area contributed by atoms with Gasteiger partial charge < -0.3 is 0 Å². The van der Waals surface area contributed by atoms with E-state index in [1.54, 1.807) is 22.7 Å². The fourth-order valence-electron chi connectivity index (χ4n) is 2.50. The minimum atomic E-state index is -0.734. The molecule has 10 heteroatoms. The van der Waals surface area contributed by atoms with Crippen molar-refractivity contribution in [2.45, 2.75) is 0 Å². The summed E-state index contributed by atoms with van der Waals surface area (Å²) in [6, 6.07) is 9.11. The molecule has 0 atom stereocenters. The van der Waals surface area contributed by atoms with E-state index in [1.165, 1.54) is 23.5 Å². The Kier molecular flexibility index (Phi) is 4.77. The van der Waals surface area contributed by atoms with E-state index in [0.29, 0.717) is 26.3 Å². The summed E-state index contributed by atoms with van der Waals surface area (Å²) in [7, 11) is 0. The highest BCUT2D eigenvalue weighted by atomic mass is 35.5. The first-order valence-electron chi connectivity index (χ1n) is 7.49. The van der Waals surface area contributed by atoms with Gasteiger partial charge in [0.1, 0.15) is 5.82 Å². The number of nitrogens with one attached hydrogen (secondary N) is 1. The monoisotopic (exact) mass is 440 g/mol. The SMILES string of the molecule is O=C(Nc1nc2scc(-c3ccc(Cl)cc3Cl)n2n1)c1c(F)cccc1Cl. The van der Waals surface area contributed by atoms with Crippen molar-refractivity contribution >= 4 is 63.0 Å². The Bertz CT molecular complexity index is 1170. The highest BCUT2D eigenvalue weighted by molar-refractivity contribution is 7.15. The average molecular weight is 442 g/mol. The molecule has 0 aliphatic carbocycles. The predicted molar refractivity (Wildman–Crippen MR) is 106 cm³/mol. The van der Waals surface area contributed by atoms with Crippen LogP contribution >= 0.6 is 46.1 Å². The lowest BCUT2D eigenvalue weighted by atomic mass is 10.2. The molecule has 2 aromatic heterocycles. The van der Waals surface area contributed by atoms with Crippen LogP contribution in [0.2, 0.25) is 15.1 Å². The topological polar surface area (TPSA) is 59.3 Å². The normalized spacial score (nSPS) is 11.1. The quantitative estimate of drug-likeness (QED) is 0.436. The molecule has 1 N–H and O–H groups in total. The first-order valence-corrected chi connectivity index (χ1v) is 9.50. The first-order chi connectivity index (χ1) is 12.9. The third kappa shape index (κ3) is 3.39. The Balaban J connectivity index is 1.69. The van der Waals surface area contributed by atoms with Crippen molar-refractivity contribution in [3.63, 3.8) is 0 Å². The zero-order valence-electron chi connectivity index (χ0n) is 13.2. The van der Waals surface area contributed by atoms with Crippen molar-refractivity contribution in [1.29, 1.82) is 0 Å². The molecule has 2 aromatic carbocycles. The summed E-state index contributed by atoms with van der Waals surface area (Å²) in [5, 5.41) is 9.54. The number of nitrogens with zero attached hydrogens (tertiary/aromatic N) is 3. The van der Waals surface area contributed by atoms with Gasteiger partial charge >= 0.3 is 0 Å².